The molecule has 2 N–H and O–H groups in total. The Bertz CT molecular complexity index is 776. The van der Waals surface area contributed by atoms with Gasteiger partial charge in [0.2, 0.25) is 5.91 Å². The number of rotatable bonds is 8. The van der Waals surface area contributed by atoms with Gasteiger partial charge in [-0.2, -0.15) is 5.10 Å². The van der Waals surface area contributed by atoms with Crippen molar-refractivity contribution in [2.45, 2.75) is 39.0 Å². The molecule has 2 heterocycles. The maximum absolute atomic E-state index is 13.4. The van der Waals surface area contributed by atoms with Crippen molar-refractivity contribution < 1.29 is 9.18 Å². The van der Waals surface area contributed by atoms with Crippen molar-refractivity contribution >= 4 is 18.3 Å². The third kappa shape index (κ3) is 6.82. The average Bonchev–Trinajstić information content (AvgIpc) is 3.17. The van der Waals surface area contributed by atoms with Gasteiger partial charge in [-0.15, -0.1) is 12.4 Å². The molecule has 1 fully saturated rings. The number of hydrogen-bond donors (Lipinski definition) is 2. The number of aryl methyl sites for hydroxylation is 1. The molecule has 1 aromatic carbocycles. The zero-order chi connectivity index (χ0) is 19.9. The van der Waals surface area contributed by atoms with Crippen LogP contribution < -0.4 is 5.32 Å². The minimum absolute atomic E-state index is 0. The first-order valence-corrected chi connectivity index (χ1v) is 10.3. The van der Waals surface area contributed by atoms with Crippen LogP contribution in [0.1, 0.15) is 38.3 Å². The summed E-state index contributed by atoms with van der Waals surface area (Å²) in [6.07, 6.45) is 4.66. The van der Waals surface area contributed by atoms with E-state index in [0.29, 0.717) is 18.3 Å². The lowest BCUT2D eigenvalue weighted by Crippen LogP contribution is -2.34. The van der Waals surface area contributed by atoms with Crippen molar-refractivity contribution in [1.82, 2.24) is 20.4 Å². The molecule has 1 atom stereocenters. The molecule has 7 heteroatoms. The predicted octanol–water partition coefficient (Wildman–Crippen LogP) is 4.05. The molecule has 0 saturated carbocycles. The number of aromatic nitrogens is 2. The lowest BCUT2D eigenvalue weighted by atomic mass is 9.84. The Labute approximate surface area is 178 Å². The Morgan fingerprint density at radius 1 is 1.31 bits per heavy atom. The summed E-state index contributed by atoms with van der Waals surface area (Å²) in [4.78, 5) is 14.4. The second kappa shape index (κ2) is 11.3. The van der Waals surface area contributed by atoms with Crippen molar-refractivity contribution in [3.05, 3.63) is 41.8 Å². The van der Waals surface area contributed by atoms with Crippen LogP contribution in [-0.2, 0) is 11.2 Å². The molecule has 0 bridgehead atoms. The summed E-state index contributed by atoms with van der Waals surface area (Å²) in [6.45, 7) is 5.08. The predicted molar refractivity (Wildman–Crippen MR) is 117 cm³/mol. The smallest absolute Gasteiger partial charge is 0.222 e. The summed E-state index contributed by atoms with van der Waals surface area (Å²) >= 11 is 0. The third-order valence-corrected chi connectivity index (χ3v) is 5.80. The summed E-state index contributed by atoms with van der Waals surface area (Å²) in [5.74, 6) is 1.07. The molecule has 1 aromatic heterocycles. The number of aromatic amines is 1. The van der Waals surface area contributed by atoms with Gasteiger partial charge in [0, 0.05) is 31.3 Å². The van der Waals surface area contributed by atoms with Gasteiger partial charge in [-0.1, -0.05) is 19.1 Å². The molecule has 1 amide bonds. The Balaban J connectivity index is 0.00000300. The molecule has 1 aliphatic rings. The molecule has 29 heavy (non-hydrogen) atoms. The molecule has 5 nitrogen and oxygen atoms in total. The van der Waals surface area contributed by atoms with Gasteiger partial charge < -0.3 is 10.2 Å². The fourth-order valence-corrected chi connectivity index (χ4v) is 3.93. The van der Waals surface area contributed by atoms with Crippen LogP contribution >= 0.6 is 12.4 Å². The highest BCUT2D eigenvalue weighted by molar-refractivity contribution is 5.85. The van der Waals surface area contributed by atoms with E-state index in [-0.39, 0.29) is 24.1 Å². The van der Waals surface area contributed by atoms with Gasteiger partial charge >= 0.3 is 0 Å². The van der Waals surface area contributed by atoms with E-state index >= 15 is 0 Å². The maximum Gasteiger partial charge on any atom is 0.222 e. The first kappa shape index (κ1) is 23.4. The Kier molecular flexibility index (Phi) is 9.11. The number of carbonyl (C=O) groups excluding carboxylic acids is 1. The maximum atomic E-state index is 13.4. The summed E-state index contributed by atoms with van der Waals surface area (Å²) in [5, 5.41) is 10.7. The Hall–Kier alpha value is -1.92. The van der Waals surface area contributed by atoms with Crippen LogP contribution in [0, 0.1) is 17.7 Å². The molecule has 0 radical (unpaired) electrons. The monoisotopic (exact) mass is 422 g/mol. The number of hydrogen-bond acceptors (Lipinski definition) is 3. The second-order valence-corrected chi connectivity index (χ2v) is 7.98. The van der Waals surface area contributed by atoms with Crippen molar-refractivity contribution in [2.75, 3.05) is 26.7 Å². The Morgan fingerprint density at radius 3 is 2.79 bits per heavy atom. The molecule has 0 spiro atoms. The van der Waals surface area contributed by atoms with E-state index in [1.807, 2.05) is 24.1 Å². The molecule has 1 saturated heterocycles. The van der Waals surface area contributed by atoms with Gasteiger partial charge in [0.1, 0.15) is 5.82 Å². The van der Waals surface area contributed by atoms with Crippen molar-refractivity contribution in [1.29, 1.82) is 0 Å². The average molecular weight is 423 g/mol. The van der Waals surface area contributed by atoms with Crippen LogP contribution in [0.15, 0.2) is 30.3 Å². The summed E-state index contributed by atoms with van der Waals surface area (Å²) in [7, 11) is 1.89. The highest BCUT2D eigenvalue weighted by atomic mass is 35.5. The molecular formula is C22H32ClFN4O. The first-order valence-electron chi connectivity index (χ1n) is 10.3. The summed E-state index contributed by atoms with van der Waals surface area (Å²) in [6, 6.07) is 8.39. The summed E-state index contributed by atoms with van der Waals surface area (Å²) in [5.41, 5.74) is 2.51. The first-order chi connectivity index (χ1) is 13.5. The molecule has 0 aliphatic carbocycles. The van der Waals surface area contributed by atoms with Crippen molar-refractivity contribution in [3.63, 3.8) is 0 Å². The lowest BCUT2D eigenvalue weighted by Gasteiger charge is -2.29. The molecule has 1 aliphatic heterocycles. The molecule has 3 rings (SSSR count). The summed E-state index contributed by atoms with van der Waals surface area (Å²) < 4.78 is 13.4. The molecular weight excluding hydrogens is 391 g/mol. The Morgan fingerprint density at radius 2 is 2.07 bits per heavy atom. The van der Waals surface area contributed by atoms with Crippen LogP contribution in [0.25, 0.3) is 11.3 Å². The number of carbonyl (C=O) groups is 1. The lowest BCUT2D eigenvalue weighted by molar-refractivity contribution is -0.131. The van der Waals surface area contributed by atoms with Crippen LogP contribution in [-0.4, -0.2) is 47.7 Å². The normalized spacial score (nSPS) is 15.6. The molecule has 1 unspecified atom stereocenters. The van der Waals surface area contributed by atoms with Crippen LogP contribution in [0.4, 0.5) is 4.39 Å². The van der Waals surface area contributed by atoms with E-state index in [4.69, 9.17) is 0 Å². The number of nitrogens with one attached hydrogen (secondary N) is 2. The van der Waals surface area contributed by atoms with Gasteiger partial charge in [0.15, 0.2) is 0 Å². The van der Waals surface area contributed by atoms with E-state index in [1.54, 1.807) is 6.07 Å². The largest absolute Gasteiger partial charge is 0.346 e. The highest BCUT2D eigenvalue weighted by Gasteiger charge is 2.23. The van der Waals surface area contributed by atoms with Gasteiger partial charge in [-0.3, -0.25) is 9.89 Å². The third-order valence-electron chi connectivity index (χ3n) is 5.80. The quantitative estimate of drug-likeness (QED) is 0.674. The molecule has 2 aromatic rings. The van der Waals surface area contributed by atoms with Crippen LogP contribution in [0.2, 0.25) is 0 Å². The zero-order valence-corrected chi connectivity index (χ0v) is 18.1. The van der Waals surface area contributed by atoms with E-state index in [0.717, 1.165) is 49.4 Å². The SMILES string of the molecule is CC(CC(=O)N(C)CCCc1cc(-c2cccc(F)c2)n[nH]1)C1CCNCC1.Cl. The van der Waals surface area contributed by atoms with Gasteiger partial charge in [-0.05, 0) is 68.8 Å². The van der Waals surface area contributed by atoms with Crippen LogP contribution in [0.5, 0.6) is 0 Å². The standard InChI is InChI=1S/C22H31FN4O.ClH/c1-16(17-8-10-24-11-9-17)13-22(28)27(2)12-4-7-20-15-21(26-25-20)18-5-3-6-19(23)14-18;/h3,5-6,14-17,24H,4,7-13H2,1-2H3,(H,25,26);1H. The van der Waals surface area contributed by atoms with E-state index in [9.17, 15) is 9.18 Å². The van der Waals surface area contributed by atoms with E-state index < -0.39 is 0 Å². The van der Waals surface area contributed by atoms with Crippen molar-refractivity contribution in [2.24, 2.45) is 11.8 Å². The van der Waals surface area contributed by atoms with E-state index in [1.165, 1.54) is 25.0 Å². The van der Waals surface area contributed by atoms with Gasteiger partial charge in [-0.25, -0.2) is 4.39 Å². The second-order valence-electron chi connectivity index (χ2n) is 7.98. The number of amides is 1. The zero-order valence-electron chi connectivity index (χ0n) is 17.3. The fraction of sp³-hybridized carbons (Fsp3) is 0.545. The van der Waals surface area contributed by atoms with Gasteiger partial charge in [0.25, 0.3) is 0 Å². The number of halogens is 2. The number of piperidine rings is 1. The number of H-pyrrole nitrogens is 1. The highest BCUT2D eigenvalue weighted by Crippen LogP contribution is 2.25. The topological polar surface area (TPSA) is 61.0 Å². The molecule has 160 valence electrons. The minimum atomic E-state index is -0.263. The van der Waals surface area contributed by atoms with Crippen LogP contribution in [0.3, 0.4) is 0 Å². The van der Waals surface area contributed by atoms with Gasteiger partial charge in [0.05, 0.1) is 5.69 Å². The van der Waals surface area contributed by atoms with E-state index in [2.05, 4.69) is 22.4 Å². The number of benzene rings is 1. The minimum Gasteiger partial charge on any atom is -0.346 e. The number of nitrogens with zero attached hydrogens (tertiary/aromatic N) is 2. The van der Waals surface area contributed by atoms with Crippen molar-refractivity contribution in [3.8, 4) is 11.3 Å². The fourth-order valence-electron chi connectivity index (χ4n) is 3.93.